The maximum atomic E-state index is 12.9. The molecule has 0 spiro atoms. The molecular formula is C21H28N4O3S2. The summed E-state index contributed by atoms with van der Waals surface area (Å²) in [7, 11) is -1.49. The maximum Gasteiger partial charge on any atom is 0.267 e. The third-order valence-corrected chi connectivity index (χ3v) is 8.80. The summed E-state index contributed by atoms with van der Waals surface area (Å²) in [5.74, 6) is -0.380. The number of nitrogens with one attached hydrogen (secondary N) is 1. The van der Waals surface area contributed by atoms with Gasteiger partial charge in [-0.05, 0) is 62.0 Å². The molecule has 0 radical (unpaired) electrons. The second-order valence-electron chi connectivity index (χ2n) is 7.97. The fourth-order valence-electron chi connectivity index (χ4n) is 4.06. The number of sulfonamides is 1. The van der Waals surface area contributed by atoms with Crippen LogP contribution in [0.15, 0.2) is 34.5 Å². The van der Waals surface area contributed by atoms with E-state index in [1.807, 2.05) is 25.1 Å². The smallest absolute Gasteiger partial charge is 0.267 e. The SMILES string of the molecule is Cc1cc(NC(=O)c2sccc2S(=O)(=O)N2CCCC2)ccc1N1CCN(C)CC1. The van der Waals surface area contributed by atoms with Crippen molar-refractivity contribution in [1.82, 2.24) is 9.21 Å². The Kier molecular flexibility index (Phi) is 6.15. The topological polar surface area (TPSA) is 73.0 Å². The molecule has 1 aromatic carbocycles. The molecular weight excluding hydrogens is 420 g/mol. The number of rotatable bonds is 5. The molecule has 4 rings (SSSR count). The molecule has 30 heavy (non-hydrogen) atoms. The van der Waals surface area contributed by atoms with E-state index < -0.39 is 10.0 Å². The third-order valence-electron chi connectivity index (χ3n) is 5.82. The molecule has 0 bridgehead atoms. The van der Waals surface area contributed by atoms with E-state index >= 15 is 0 Å². The highest BCUT2D eigenvalue weighted by molar-refractivity contribution is 7.89. The molecule has 162 valence electrons. The highest BCUT2D eigenvalue weighted by Gasteiger charge is 2.32. The Bertz CT molecular complexity index is 1020. The Morgan fingerprint density at radius 3 is 2.40 bits per heavy atom. The summed E-state index contributed by atoms with van der Waals surface area (Å²) < 4.78 is 27.3. The number of hydrogen-bond acceptors (Lipinski definition) is 6. The van der Waals surface area contributed by atoms with Crippen LogP contribution in [0.2, 0.25) is 0 Å². The first-order valence-corrected chi connectivity index (χ1v) is 12.6. The van der Waals surface area contributed by atoms with Gasteiger partial charge in [0.1, 0.15) is 9.77 Å². The normalized spacial score (nSPS) is 18.7. The van der Waals surface area contributed by atoms with Gasteiger partial charge in [-0.1, -0.05) is 0 Å². The van der Waals surface area contributed by atoms with Crippen molar-refractivity contribution in [2.75, 3.05) is 56.5 Å². The lowest BCUT2D eigenvalue weighted by atomic mass is 10.1. The number of carbonyl (C=O) groups is 1. The lowest BCUT2D eigenvalue weighted by molar-refractivity contribution is 0.102. The molecule has 0 unspecified atom stereocenters. The van der Waals surface area contributed by atoms with E-state index in [2.05, 4.69) is 22.2 Å². The Morgan fingerprint density at radius 1 is 1.03 bits per heavy atom. The summed E-state index contributed by atoms with van der Waals surface area (Å²) in [5.41, 5.74) is 2.94. The van der Waals surface area contributed by atoms with Crippen molar-refractivity contribution in [3.8, 4) is 0 Å². The number of hydrogen-bond donors (Lipinski definition) is 1. The van der Waals surface area contributed by atoms with E-state index in [4.69, 9.17) is 0 Å². The summed E-state index contributed by atoms with van der Waals surface area (Å²) in [4.78, 5) is 17.9. The number of piperazine rings is 1. The molecule has 2 fully saturated rings. The van der Waals surface area contributed by atoms with Gasteiger partial charge in [-0.2, -0.15) is 4.31 Å². The van der Waals surface area contributed by atoms with E-state index in [1.54, 1.807) is 5.38 Å². The highest BCUT2D eigenvalue weighted by Crippen LogP contribution is 2.29. The van der Waals surface area contributed by atoms with Crippen molar-refractivity contribution in [2.24, 2.45) is 0 Å². The quantitative estimate of drug-likeness (QED) is 0.762. The highest BCUT2D eigenvalue weighted by atomic mass is 32.2. The number of nitrogens with zero attached hydrogens (tertiary/aromatic N) is 3. The first kappa shape index (κ1) is 21.3. The summed E-state index contributed by atoms with van der Waals surface area (Å²) >= 11 is 1.16. The Morgan fingerprint density at radius 2 is 1.73 bits per heavy atom. The molecule has 1 N–H and O–H groups in total. The zero-order valence-electron chi connectivity index (χ0n) is 17.4. The molecule has 2 aromatic rings. The van der Waals surface area contributed by atoms with Crippen molar-refractivity contribution >= 4 is 38.6 Å². The van der Waals surface area contributed by atoms with E-state index in [-0.39, 0.29) is 15.7 Å². The zero-order chi connectivity index (χ0) is 21.3. The van der Waals surface area contributed by atoms with Gasteiger partial charge in [0.25, 0.3) is 5.91 Å². The van der Waals surface area contributed by atoms with Crippen LogP contribution in [0.3, 0.4) is 0 Å². The van der Waals surface area contributed by atoms with Crippen LogP contribution in [-0.2, 0) is 10.0 Å². The molecule has 2 saturated heterocycles. The largest absolute Gasteiger partial charge is 0.369 e. The Balaban J connectivity index is 1.50. The van der Waals surface area contributed by atoms with Gasteiger partial charge < -0.3 is 15.1 Å². The fourth-order valence-corrected chi connectivity index (χ4v) is 6.87. The van der Waals surface area contributed by atoms with Crippen LogP contribution in [0.25, 0.3) is 0 Å². The molecule has 0 aliphatic carbocycles. The molecule has 1 aromatic heterocycles. The van der Waals surface area contributed by atoms with Gasteiger partial charge in [-0.15, -0.1) is 11.3 Å². The van der Waals surface area contributed by atoms with E-state index in [0.717, 1.165) is 55.9 Å². The molecule has 0 atom stereocenters. The lowest BCUT2D eigenvalue weighted by Gasteiger charge is -2.35. The molecule has 1 amide bonds. The minimum atomic E-state index is -3.62. The standard InChI is InChI=1S/C21H28N4O3S2/c1-16-15-17(5-6-18(16)24-12-10-23(2)11-13-24)22-21(26)20-19(7-14-29-20)30(27,28)25-8-3-4-9-25/h5-7,14-15H,3-4,8-13H2,1-2H3,(H,22,26). The number of amides is 1. The zero-order valence-corrected chi connectivity index (χ0v) is 19.1. The van der Waals surface area contributed by atoms with Crippen molar-refractivity contribution in [3.05, 3.63) is 40.1 Å². The van der Waals surface area contributed by atoms with Crippen molar-refractivity contribution in [1.29, 1.82) is 0 Å². The fraction of sp³-hybridized carbons (Fsp3) is 0.476. The summed E-state index contributed by atoms with van der Waals surface area (Å²) in [6.45, 7) is 7.11. The molecule has 2 aliphatic heterocycles. The van der Waals surface area contributed by atoms with Crippen molar-refractivity contribution < 1.29 is 13.2 Å². The van der Waals surface area contributed by atoms with Crippen LogP contribution in [0.1, 0.15) is 28.1 Å². The number of carbonyl (C=O) groups excluding carboxylic acids is 1. The second-order valence-corrected chi connectivity index (χ2v) is 10.8. The van der Waals surface area contributed by atoms with E-state index in [1.165, 1.54) is 16.1 Å². The van der Waals surface area contributed by atoms with E-state index in [0.29, 0.717) is 18.8 Å². The maximum absolute atomic E-state index is 12.9. The van der Waals surface area contributed by atoms with Crippen molar-refractivity contribution in [3.63, 3.8) is 0 Å². The monoisotopic (exact) mass is 448 g/mol. The molecule has 0 saturated carbocycles. The average molecular weight is 449 g/mol. The molecule has 7 nitrogen and oxygen atoms in total. The summed E-state index contributed by atoms with van der Waals surface area (Å²) in [5, 5.41) is 4.55. The number of likely N-dealkylation sites (N-methyl/N-ethyl adjacent to an activating group) is 1. The van der Waals surface area contributed by atoms with Crippen molar-refractivity contribution in [2.45, 2.75) is 24.7 Å². The van der Waals surface area contributed by atoms with Crippen LogP contribution in [0.4, 0.5) is 11.4 Å². The van der Waals surface area contributed by atoms with Gasteiger partial charge in [-0.3, -0.25) is 4.79 Å². The predicted octanol–water partition coefficient (Wildman–Crippen LogP) is 2.85. The van der Waals surface area contributed by atoms with Crippen LogP contribution in [0.5, 0.6) is 0 Å². The third kappa shape index (κ3) is 4.25. The first-order chi connectivity index (χ1) is 14.4. The number of aryl methyl sites for hydroxylation is 1. The minimum Gasteiger partial charge on any atom is -0.369 e. The molecule has 9 heteroatoms. The molecule has 3 heterocycles. The number of anilines is 2. The van der Waals surface area contributed by atoms with Crippen LogP contribution < -0.4 is 10.2 Å². The summed E-state index contributed by atoms with van der Waals surface area (Å²) in [6, 6.07) is 7.41. The van der Waals surface area contributed by atoms with Crippen LogP contribution >= 0.6 is 11.3 Å². The van der Waals surface area contributed by atoms with E-state index in [9.17, 15) is 13.2 Å². The van der Waals surface area contributed by atoms with Gasteiger partial charge in [-0.25, -0.2) is 8.42 Å². The first-order valence-electron chi connectivity index (χ1n) is 10.3. The van der Waals surface area contributed by atoms with Gasteiger partial charge in [0.05, 0.1) is 0 Å². The van der Waals surface area contributed by atoms with Gasteiger partial charge in [0.2, 0.25) is 10.0 Å². The number of thiophene rings is 1. The summed E-state index contributed by atoms with van der Waals surface area (Å²) in [6.07, 6.45) is 1.73. The lowest BCUT2D eigenvalue weighted by Crippen LogP contribution is -2.44. The Labute approximate surface area is 182 Å². The molecule has 2 aliphatic rings. The van der Waals surface area contributed by atoms with Gasteiger partial charge in [0, 0.05) is 50.6 Å². The predicted molar refractivity (Wildman–Crippen MR) is 121 cm³/mol. The van der Waals surface area contributed by atoms with Crippen LogP contribution in [0, 0.1) is 6.92 Å². The van der Waals surface area contributed by atoms with Gasteiger partial charge in [0.15, 0.2) is 0 Å². The van der Waals surface area contributed by atoms with Gasteiger partial charge >= 0.3 is 0 Å². The van der Waals surface area contributed by atoms with Crippen LogP contribution in [-0.4, -0.2) is 69.8 Å². The Hall–Kier alpha value is -1.94. The number of benzene rings is 1. The minimum absolute atomic E-state index is 0.109. The average Bonchev–Trinajstić information content (AvgIpc) is 3.42. The second kappa shape index (κ2) is 8.66.